The summed E-state index contributed by atoms with van der Waals surface area (Å²) in [5.74, 6) is -1.27. The topological polar surface area (TPSA) is 79.5 Å². The number of carboxylic acid groups (broad SMARTS) is 1. The zero-order valence-electron chi connectivity index (χ0n) is 7.03. The predicted molar refractivity (Wildman–Crippen MR) is 42.9 cm³/mol. The van der Waals surface area contributed by atoms with E-state index in [1.807, 2.05) is 0 Å². The number of furan rings is 1. The second-order valence-electron chi connectivity index (χ2n) is 2.50. The molecule has 5 heteroatoms. The molecule has 0 aliphatic rings. The largest absolute Gasteiger partial charge is 0.474 e. The van der Waals surface area contributed by atoms with Gasteiger partial charge in [-0.25, -0.2) is 4.79 Å². The Balaban J connectivity index is 2.44. The van der Waals surface area contributed by atoms with Crippen molar-refractivity contribution >= 4 is 11.9 Å². The monoisotopic (exact) mass is 183 g/mol. The first-order valence-corrected chi connectivity index (χ1v) is 3.66. The van der Waals surface area contributed by atoms with Gasteiger partial charge in [0, 0.05) is 0 Å². The van der Waals surface area contributed by atoms with E-state index in [2.05, 4.69) is 5.32 Å². The Morgan fingerprint density at radius 2 is 2.23 bits per heavy atom. The van der Waals surface area contributed by atoms with Crippen molar-refractivity contribution in [2.75, 3.05) is 0 Å². The maximum Gasteiger partial charge on any atom is 0.394 e. The van der Waals surface area contributed by atoms with E-state index in [-0.39, 0.29) is 6.54 Å². The van der Waals surface area contributed by atoms with Crippen LogP contribution in [0.25, 0.3) is 0 Å². The molecular formula is C8H9NO4. The van der Waals surface area contributed by atoms with Crippen LogP contribution < -0.4 is 5.32 Å². The zero-order valence-corrected chi connectivity index (χ0v) is 7.03. The van der Waals surface area contributed by atoms with Gasteiger partial charge in [0.05, 0.1) is 6.54 Å². The molecule has 0 spiro atoms. The Bertz CT molecular complexity index is 329. The lowest BCUT2D eigenvalue weighted by Gasteiger charge is -1.97. The second kappa shape index (κ2) is 3.75. The summed E-state index contributed by atoms with van der Waals surface area (Å²) in [4.78, 5) is 20.7. The number of nitrogens with one attached hydrogen (secondary N) is 1. The van der Waals surface area contributed by atoms with E-state index in [1.165, 1.54) is 0 Å². The van der Waals surface area contributed by atoms with E-state index in [1.54, 1.807) is 19.1 Å². The first kappa shape index (κ1) is 9.31. The van der Waals surface area contributed by atoms with Gasteiger partial charge in [-0.2, -0.15) is 0 Å². The van der Waals surface area contributed by atoms with Gasteiger partial charge in [-0.1, -0.05) is 0 Å². The molecule has 0 saturated heterocycles. The van der Waals surface area contributed by atoms with E-state index in [4.69, 9.17) is 9.52 Å². The summed E-state index contributed by atoms with van der Waals surface area (Å²) < 4.78 is 5.11. The Labute approximate surface area is 74.4 Å². The molecule has 0 fully saturated rings. The van der Waals surface area contributed by atoms with Gasteiger partial charge in [-0.3, -0.25) is 4.79 Å². The molecule has 0 unspecified atom stereocenters. The molecule has 0 saturated carbocycles. The van der Waals surface area contributed by atoms with Crippen molar-refractivity contribution in [2.45, 2.75) is 13.5 Å². The highest BCUT2D eigenvalue weighted by atomic mass is 16.4. The SMILES string of the molecule is Cc1ccc(CNC(=O)C(=O)O)o1. The minimum absolute atomic E-state index is 0.0962. The molecule has 0 aliphatic carbocycles. The van der Waals surface area contributed by atoms with Crippen LogP contribution in [0.2, 0.25) is 0 Å². The lowest BCUT2D eigenvalue weighted by atomic mass is 10.4. The fourth-order valence-corrected chi connectivity index (χ4v) is 0.823. The van der Waals surface area contributed by atoms with E-state index in [9.17, 15) is 9.59 Å². The lowest BCUT2D eigenvalue weighted by Crippen LogP contribution is -2.29. The fraction of sp³-hybridized carbons (Fsp3) is 0.250. The highest BCUT2D eigenvalue weighted by molar-refractivity contribution is 6.31. The third-order valence-corrected chi connectivity index (χ3v) is 1.41. The van der Waals surface area contributed by atoms with Gasteiger partial charge in [0.2, 0.25) is 0 Å². The Hall–Kier alpha value is -1.78. The van der Waals surface area contributed by atoms with Gasteiger partial charge in [-0.05, 0) is 19.1 Å². The summed E-state index contributed by atoms with van der Waals surface area (Å²) in [6.45, 7) is 1.86. The van der Waals surface area contributed by atoms with E-state index < -0.39 is 11.9 Å². The van der Waals surface area contributed by atoms with Crippen molar-refractivity contribution in [3.05, 3.63) is 23.7 Å². The number of amides is 1. The van der Waals surface area contributed by atoms with Crippen LogP contribution in [-0.2, 0) is 16.1 Å². The second-order valence-corrected chi connectivity index (χ2v) is 2.50. The molecule has 0 radical (unpaired) electrons. The Morgan fingerprint density at radius 3 is 2.69 bits per heavy atom. The van der Waals surface area contributed by atoms with Crippen molar-refractivity contribution in [2.24, 2.45) is 0 Å². The number of carbonyl (C=O) groups excluding carboxylic acids is 1. The minimum atomic E-state index is -1.50. The summed E-state index contributed by atoms with van der Waals surface area (Å²) in [6.07, 6.45) is 0. The van der Waals surface area contributed by atoms with E-state index >= 15 is 0 Å². The molecule has 1 amide bonds. The van der Waals surface area contributed by atoms with Gasteiger partial charge in [0.1, 0.15) is 11.5 Å². The van der Waals surface area contributed by atoms with Gasteiger partial charge in [0.15, 0.2) is 0 Å². The lowest BCUT2D eigenvalue weighted by molar-refractivity contribution is -0.150. The van der Waals surface area contributed by atoms with Crippen molar-refractivity contribution in [3.63, 3.8) is 0 Å². The van der Waals surface area contributed by atoms with Crippen LogP contribution in [0.4, 0.5) is 0 Å². The van der Waals surface area contributed by atoms with Crippen LogP contribution in [-0.4, -0.2) is 17.0 Å². The number of carboxylic acids is 1. The van der Waals surface area contributed by atoms with Crippen molar-refractivity contribution < 1.29 is 19.1 Å². The van der Waals surface area contributed by atoms with Crippen LogP contribution in [0.3, 0.4) is 0 Å². The molecule has 0 aliphatic heterocycles. The Morgan fingerprint density at radius 1 is 1.54 bits per heavy atom. The highest BCUT2D eigenvalue weighted by Crippen LogP contribution is 2.04. The van der Waals surface area contributed by atoms with Crippen molar-refractivity contribution in [1.82, 2.24) is 5.32 Å². The van der Waals surface area contributed by atoms with Crippen molar-refractivity contribution in [3.8, 4) is 0 Å². The van der Waals surface area contributed by atoms with Crippen LogP contribution in [0.15, 0.2) is 16.5 Å². The smallest absolute Gasteiger partial charge is 0.394 e. The summed E-state index contributed by atoms with van der Waals surface area (Å²) >= 11 is 0. The van der Waals surface area contributed by atoms with E-state index in [0.717, 1.165) is 5.76 Å². The number of rotatable bonds is 2. The van der Waals surface area contributed by atoms with Gasteiger partial charge in [0.25, 0.3) is 0 Å². The van der Waals surface area contributed by atoms with Gasteiger partial charge < -0.3 is 14.8 Å². The van der Waals surface area contributed by atoms with Crippen LogP contribution in [0.1, 0.15) is 11.5 Å². The molecular weight excluding hydrogens is 174 g/mol. The minimum Gasteiger partial charge on any atom is -0.474 e. The number of aryl methyl sites for hydroxylation is 1. The highest BCUT2D eigenvalue weighted by Gasteiger charge is 2.10. The number of carbonyl (C=O) groups is 2. The summed E-state index contributed by atoms with van der Waals surface area (Å²) in [6, 6.07) is 3.42. The first-order chi connectivity index (χ1) is 6.09. The summed E-state index contributed by atoms with van der Waals surface area (Å²) in [5.41, 5.74) is 0. The molecule has 5 nitrogen and oxygen atoms in total. The third-order valence-electron chi connectivity index (χ3n) is 1.41. The molecule has 70 valence electrons. The van der Waals surface area contributed by atoms with Crippen LogP contribution in [0, 0.1) is 6.92 Å². The predicted octanol–water partition coefficient (Wildman–Crippen LogP) is 0.289. The zero-order chi connectivity index (χ0) is 9.84. The quantitative estimate of drug-likeness (QED) is 0.646. The molecule has 0 bridgehead atoms. The van der Waals surface area contributed by atoms with Crippen molar-refractivity contribution in [1.29, 1.82) is 0 Å². The first-order valence-electron chi connectivity index (χ1n) is 3.66. The molecule has 1 aromatic rings. The summed E-state index contributed by atoms with van der Waals surface area (Å²) in [7, 11) is 0. The number of hydrogen-bond acceptors (Lipinski definition) is 3. The molecule has 0 atom stereocenters. The normalized spacial score (nSPS) is 9.62. The van der Waals surface area contributed by atoms with Crippen LogP contribution in [0.5, 0.6) is 0 Å². The fourth-order valence-electron chi connectivity index (χ4n) is 0.823. The Kier molecular flexibility index (Phi) is 2.69. The molecule has 1 aromatic heterocycles. The maximum atomic E-state index is 10.6. The number of aliphatic carboxylic acids is 1. The van der Waals surface area contributed by atoms with Gasteiger partial charge in [-0.15, -0.1) is 0 Å². The molecule has 1 rings (SSSR count). The maximum absolute atomic E-state index is 10.6. The molecule has 13 heavy (non-hydrogen) atoms. The van der Waals surface area contributed by atoms with Gasteiger partial charge >= 0.3 is 11.9 Å². The standard InChI is InChI=1S/C8H9NO4/c1-5-2-3-6(13-5)4-9-7(10)8(11)12/h2-3H,4H2,1H3,(H,9,10)(H,11,12). The van der Waals surface area contributed by atoms with Crippen LogP contribution >= 0.6 is 0 Å². The summed E-state index contributed by atoms with van der Waals surface area (Å²) in [5, 5.41) is 10.4. The molecule has 1 heterocycles. The molecule has 2 N–H and O–H groups in total. The number of hydrogen-bond donors (Lipinski definition) is 2. The average Bonchev–Trinajstić information content (AvgIpc) is 2.47. The third kappa shape index (κ3) is 2.62. The molecule has 0 aromatic carbocycles. The van der Waals surface area contributed by atoms with E-state index in [0.29, 0.717) is 5.76 Å². The average molecular weight is 183 g/mol.